The number of allylic oxidation sites excluding steroid dienone is 2. The summed E-state index contributed by atoms with van der Waals surface area (Å²) in [6, 6.07) is 0. The first-order valence-electron chi connectivity index (χ1n) is 4.37. The Balaban J connectivity index is 2.34. The minimum atomic E-state index is 0.852. The summed E-state index contributed by atoms with van der Waals surface area (Å²) in [5, 5.41) is 0. The second-order valence-electron chi connectivity index (χ2n) is 3.81. The minimum Gasteiger partial charge on any atom is -0.0882 e. The Morgan fingerprint density at radius 2 is 1.60 bits per heavy atom. The zero-order chi connectivity index (χ0) is 7.56. The van der Waals surface area contributed by atoms with Gasteiger partial charge in [-0.2, -0.15) is 0 Å². The second-order valence-corrected chi connectivity index (χ2v) is 3.81. The Morgan fingerprint density at radius 3 is 2.00 bits per heavy atom. The van der Waals surface area contributed by atoms with Crippen molar-refractivity contribution in [1.29, 1.82) is 0 Å². The molecule has 0 fully saturated rings. The molecule has 0 bridgehead atoms. The maximum absolute atomic E-state index is 2.38. The van der Waals surface area contributed by atoms with Crippen LogP contribution in [-0.2, 0) is 0 Å². The van der Waals surface area contributed by atoms with Crippen molar-refractivity contribution < 1.29 is 0 Å². The lowest BCUT2D eigenvalue weighted by Gasteiger charge is -2.22. The van der Waals surface area contributed by atoms with Gasteiger partial charge in [0.05, 0.1) is 0 Å². The van der Waals surface area contributed by atoms with E-state index < -0.39 is 0 Å². The molecule has 1 aliphatic rings. The molecule has 58 valence electrons. The van der Waals surface area contributed by atoms with Gasteiger partial charge in [-0.1, -0.05) is 32.9 Å². The maximum Gasteiger partial charge on any atom is -0.0317 e. The Hall–Kier alpha value is -0.260. The van der Waals surface area contributed by atoms with Crippen LogP contribution in [0.3, 0.4) is 0 Å². The Kier molecular flexibility index (Phi) is 2.53. The van der Waals surface area contributed by atoms with E-state index in [0.717, 1.165) is 17.8 Å². The van der Waals surface area contributed by atoms with E-state index in [0.29, 0.717) is 0 Å². The molecule has 0 radical (unpaired) electrons. The lowest BCUT2D eigenvalue weighted by Crippen LogP contribution is -2.13. The van der Waals surface area contributed by atoms with Gasteiger partial charge in [0.15, 0.2) is 0 Å². The van der Waals surface area contributed by atoms with Crippen molar-refractivity contribution in [3.63, 3.8) is 0 Å². The van der Waals surface area contributed by atoms with Gasteiger partial charge in [-0.3, -0.25) is 0 Å². The molecule has 0 N–H and O–H groups in total. The standard InChI is InChI=1S/C10H18/c1-8(2)9(3)10-6-4-5-7-10/h4-5,8-10H,6-7H2,1-3H3. The van der Waals surface area contributed by atoms with E-state index in [2.05, 4.69) is 32.9 Å². The molecule has 0 nitrogen and oxygen atoms in total. The van der Waals surface area contributed by atoms with Crippen LogP contribution in [0, 0.1) is 17.8 Å². The summed E-state index contributed by atoms with van der Waals surface area (Å²) in [6.45, 7) is 7.02. The van der Waals surface area contributed by atoms with Gasteiger partial charge in [-0.15, -0.1) is 0 Å². The van der Waals surface area contributed by atoms with Crippen LogP contribution in [0.4, 0.5) is 0 Å². The van der Waals surface area contributed by atoms with Gasteiger partial charge in [-0.25, -0.2) is 0 Å². The van der Waals surface area contributed by atoms with Gasteiger partial charge in [0.2, 0.25) is 0 Å². The summed E-state index contributed by atoms with van der Waals surface area (Å²) in [4.78, 5) is 0. The van der Waals surface area contributed by atoms with Crippen LogP contribution >= 0.6 is 0 Å². The molecule has 0 aromatic carbocycles. The maximum atomic E-state index is 2.38. The smallest absolute Gasteiger partial charge is 0.0317 e. The van der Waals surface area contributed by atoms with E-state index in [1.165, 1.54) is 12.8 Å². The number of hydrogen-bond acceptors (Lipinski definition) is 0. The van der Waals surface area contributed by atoms with Gasteiger partial charge >= 0.3 is 0 Å². The van der Waals surface area contributed by atoms with Crippen LogP contribution in [0.1, 0.15) is 33.6 Å². The van der Waals surface area contributed by atoms with Crippen LogP contribution in [-0.4, -0.2) is 0 Å². The average molecular weight is 138 g/mol. The first kappa shape index (κ1) is 7.84. The monoisotopic (exact) mass is 138 g/mol. The quantitative estimate of drug-likeness (QED) is 0.514. The summed E-state index contributed by atoms with van der Waals surface area (Å²) >= 11 is 0. The van der Waals surface area contributed by atoms with Crippen molar-refractivity contribution in [1.82, 2.24) is 0 Å². The molecule has 0 amide bonds. The largest absolute Gasteiger partial charge is 0.0882 e. The summed E-state index contributed by atoms with van der Waals surface area (Å²) in [7, 11) is 0. The number of rotatable bonds is 2. The fourth-order valence-electron chi connectivity index (χ4n) is 1.61. The Morgan fingerprint density at radius 1 is 1.10 bits per heavy atom. The molecule has 1 aliphatic carbocycles. The van der Waals surface area contributed by atoms with E-state index in [1.54, 1.807) is 0 Å². The van der Waals surface area contributed by atoms with Crippen molar-refractivity contribution in [3.8, 4) is 0 Å². The molecule has 0 heteroatoms. The topological polar surface area (TPSA) is 0 Å². The first-order chi connectivity index (χ1) is 4.72. The molecule has 1 unspecified atom stereocenters. The van der Waals surface area contributed by atoms with Crippen molar-refractivity contribution in [2.24, 2.45) is 17.8 Å². The SMILES string of the molecule is CC(C)C(C)C1CC=CC1. The van der Waals surface area contributed by atoms with E-state index in [9.17, 15) is 0 Å². The Bertz CT molecular complexity index is 114. The third-order valence-corrected chi connectivity index (χ3v) is 2.84. The van der Waals surface area contributed by atoms with Gasteiger partial charge in [0.1, 0.15) is 0 Å². The highest BCUT2D eigenvalue weighted by Crippen LogP contribution is 2.30. The molecule has 1 atom stereocenters. The van der Waals surface area contributed by atoms with Crippen molar-refractivity contribution >= 4 is 0 Å². The Labute approximate surface area is 64.3 Å². The molecular weight excluding hydrogens is 120 g/mol. The van der Waals surface area contributed by atoms with Crippen LogP contribution < -0.4 is 0 Å². The molecule has 0 aliphatic heterocycles. The van der Waals surface area contributed by atoms with Gasteiger partial charge < -0.3 is 0 Å². The zero-order valence-corrected chi connectivity index (χ0v) is 7.30. The molecule has 0 aromatic rings. The molecule has 0 saturated heterocycles. The lowest BCUT2D eigenvalue weighted by atomic mass is 9.84. The van der Waals surface area contributed by atoms with Crippen molar-refractivity contribution in [2.75, 3.05) is 0 Å². The molecule has 0 saturated carbocycles. The van der Waals surface area contributed by atoms with Crippen LogP contribution in [0.15, 0.2) is 12.2 Å². The van der Waals surface area contributed by atoms with Crippen LogP contribution in [0.5, 0.6) is 0 Å². The van der Waals surface area contributed by atoms with Gasteiger partial charge in [-0.05, 0) is 30.6 Å². The molecule has 10 heavy (non-hydrogen) atoms. The summed E-state index contributed by atoms with van der Waals surface area (Å²) < 4.78 is 0. The fourth-order valence-corrected chi connectivity index (χ4v) is 1.61. The normalized spacial score (nSPS) is 22.4. The number of hydrogen-bond donors (Lipinski definition) is 0. The highest BCUT2D eigenvalue weighted by molar-refractivity contribution is 4.95. The second kappa shape index (κ2) is 3.23. The fraction of sp³-hybridized carbons (Fsp3) is 0.800. The molecule has 0 spiro atoms. The van der Waals surface area contributed by atoms with Gasteiger partial charge in [0.25, 0.3) is 0 Å². The first-order valence-corrected chi connectivity index (χ1v) is 4.37. The zero-order valence-electron chi connectivity index (χ0n) is 7.30. The highest BCUT2D eigenvalue weighted by Gasteiger charge is 2.20. The van der Waals surface area contributed by atoms with E-state index >= 15 is 0 Å². The third kappa shape index (κ3) is 1.62. The van der Waals surface area contributed by atoms with E-state index in [1.807, 2.05) is 0 Å². The summed E-state index contributed by atoms with van der Waals surface area (Å²) in [5.41, 5.74) is 0. The lowest BCUT2D eigenvalue weighted by molar-refractivity contribution is 0.289. The van der Waals surface area contributed by atoms with E-state index in [-0.39, 0.29) is 0 Å². The minimum absolute atomic E-state index is 0.852. The molecule has 0 aromatic heterocycles. The summed E-state index contributed by atoms with van der Waals surface area (Å²) in [5.74, 6) is 2.69. The highest BCUT2D eigenvalue weighted by atomic mass is 14.2. The van der Waals surface area contributed by atoms with Crippen LogP contribution in [0.2, 0.25) is 0 Å². The van der Waals surface area contributed by atoms with E-state index in [4.69, 9.17) is 0 Å². The predicted octanol–water partition coefficient (Wildman–Crippen LogP) is 3.24. The predicted molar refractivity (Wildman–Crippen MR) is 45.9 cm³/mol. The molecule has 0 heterocycles. The van der Waals surface area contributed by atoms with Gasteiger partial charge in [0, 0.05) is 0 Å². The molecular formula is C10H18. The van der Waals surface area contributed by atoms with Crippen molar-refractivity contribution in [3.05, 3.63) is 12.2 Å². The third-order valence-electron chi connectivity index (χ3n) is 2.84. The molecule has 1 rings (SSSR count). The van der Waals surface area contributed by atoms with Crippen LogP contribution in [0.25, 0.3) is 0 Å². The average Bonchev–Trinajstić information content (AvgIpc) is 2.36. The summed E-state index contributed by atoms with van der Waals surface area (Å²) in [6.07, 6.45) is 7.28. The van der Waals surface area contributed by atoms with Crippen molar-refractivity contribution in [2.45, 2.75) is 33.6 Å².